The molecule has 0 aliphatic heterocycles. The van der Waals surface area contributed by atoms with Crippen LogP contribution in [0.1, 0.15) is 22.3 Å². The van der Waals surface area contributed by atoms with E-state index in [4.69, 9.17) is 4.74 Å². The summed E-state index contributed by atoms with van der Waals surface area (Å²) in [5.74, 6) is 0.783. The summed E-state index contributed by atoms with van der Waals surface area (Å²) in [5.41, 5.74) is 5.35. The Hall–Kier alpha value is -1.91. The second-order valence-electron chi connectivity index (χ2n) is 6.13. The highest BCUT2D eigenvalue weighted by Crippen LogP contribution is 2.33. The molecule has 0 aliphatic carbocycles. The number of rotatable bonds is 5. The highest BCUT2D eigenvalue weighted by atomic mass is 79.9. The van der Waals surface area contributed by atoms with Crippen molar-refractivity contribution >= 4 is 43.8 Å². The van der Waals surface area contributed by atoms with Gasteiger partial charge >= 0.3 is 0 Å². The van der Waals surface area contributed by atoms with E-state index in [1.165, 1.54) is 5.56 Å². The smallest absolute Gasteiger partial charge is 0.142 e. The van der Waals surface area contributed by atoms with E-state index in [1.54, 1.807) is 0 Å². The average Bonchev–Trinajstić information content (AvgIpc) is 2.62. The standard InChI is InChI=1S/C22H19Br2NO/c1-15-8-9-16(2)21(10-15)25-13-18-11-19(23)12-20(24)22(18)26-14-17-6-4-3-5-7-17/h3-13H,14H2,1-2H3. The van der Waals surface area contributed by atoms with Gasteiger partial charge in [-0.15, -0.1) is 0 Å². The third kappa shape index (κ3) is 4.83. The maximum Gasteiger partial charge on any atom is 0.142 e. The van der Waals surface area contributed by atoms with Gasteiger partial charge in [0.1, 0.15) is 12.4 Å². The zero-order valence-electron chi connectivity index (χ0n) is 14.7. The van der Waals surface area contributed by atoms with Crippen molar-refractivity contribution in [2.75, 3.05) is 0 Å². The summed E-state index contributed by atoms with van der Waals surface area (Å²) in [5, 5.41) is 0. The normalized spacial score (nSPS) is 11.1. The summed E-state index contributed by atoms with van der Waals surface area (Å²) >= 11 is 7.16. The van der Waals surface area contributed by atoms with Gasteiger partial charge in [-0.2, -0.15) is 0 Å². The molecule has 0 saturated heterocycles. The average molecular weight is 473 g/mol. The molecule has 0 saturated carbocycles. The van der Waals surface area contributed by atoms with Crippen LogP contribution in [-0.4, -0.2) is 6.21 Å². The van der Waals surface area contributed by atoms with Crippen molar-refractivity contribution in [1.82, 2.24) is 0 Å². The van der Waals surface area contributed by atoms with Crippen molar-refractivity contribution in [2.24, 2.45) is 4.99 Å². The van der Waals surface area contributed by atoms with Crippen molar-refractivity contribution in [3.63, 3.8) is 0 Å². The molecule has 0 bridgehead atoms. The molecule has 0 N–H and O–H groups in total. The molecule has 0 aromatic heterocycles. The number of halogens is 2. The summed E-state index contributed by atoms with van der Waals surface area (Å²) in [4.78, 5) is 4.69. The van der Waals surface area contributed by atoms with Gasteiger partial charge in [-0.05, 0) is 64.7 Å². The van der Waals surface area contributed by atoms with Crippen LogP contribution >= 0.6 is 31.9 Å². The monoisotopic (exact) mass is 471 g/mol. The third-order valence-corrected chi connectivity index (χ3v) is 5.02. The Kier molecular flexibility index (Phi) is 6.28. The number of hydrogen-bond acceptors (Lipinski definition) is 2. The number of ether oxygens (including phenoxy) is 1. The van der Waals surface area contributed by atoms with E-state index < -0.39 is 0 Å². The molecule has 0 atom stereocenters. The quantitative estimate of drug-likeness (QED) is 0.361. The Balaban J connectivity index is 1.90. The highest BCUT2D eigenvalue weighted by Gasteiger charge is 2.10. The van der Waals surface area contributed by atoms with Crippen molar-refractivity contribution in [3.05, 3.63) is 91.9 Å². The van der Waals surface area contributed by atoms with E-state index in [0.29, 0.717) is 6.61 Å². The first-order valence-electron chi connectivity index (χ1n) is 8.30. The molecule has 0 aliphatic rings. The molecule has 3 aromatic carbocycles. The summed E-state index contributed by atoms with van der Waals surface area (Å²) < 4.78 is 7.96. The van der Waals surface area contributed by atoms with Crippen LogP contribution in [0.3, 0.4) is 0 Å². The number of aryl methyl sites for hydroxylation is 2. The van der Waals surface area contributed by atoms with Crippen LogP contribution in [0.5, 0.6) is 5.75 Å². The van der Waals surface area contributed by atoms with Gasteiger partial charge in [0.25, 0.3) is 0 Å². The van der Waals surface area contributed by atoms with E-state index in [1.807, 2.05) is 36.5 Å². The Morgan fingerprint density at radius 1 is 0.962 bits per heavy atom. The lowest BCUT2D eigenvalue weighted by molar-refractivity contribution is 0.304. The van der Waals surface area contributed by atoms with Crippen LogP contribution in [-0.2, 0) is 6.61 Å². The number of hydrogen-bond donors (Lipinski definition) is 0. The first-order valence-corrected chi connectivity index (χ1v) is 9.88. The van der Waals surface area contributed by atoms with Gasteiger partial charge in [-0.1, -0.05) is 58.4 Å². The first-order chi connectivity index (χ1) is 12.5. The second-order valence-corrected chi connectivity index (χ2v) is 7.90. The van der Waals surface area contributed by atoms with Gasteiger partial charge in [0.2, 0.25) is 0 Å². The SMILES string of the molecule is Cc1ccc(C)c(N=Cc2cc(Br)cc(Br)c2OCc2ccccc2)c1. The minimum absolute atomic E-state index is 0.505. The van der Waals surface area contributed by atoms with E-state index in [0.717, 1.165) is 37.1 Å². The predicted molar refractivity (Wildman–Crippen MR) is 116 cm³/mol. The van der Waals surface area contributed by atoms with Gasteiger partial charge in [0.05, 0.1) is 10.2 Å². The Labute approximate surface area is 171 Å². The minimum atomic E-state index is 0.505. The fraction of sp³-hybridized carbons (Fsp3) is 0.136. The molecule has 0 radical (unpaired) electrons. The van der Waals surface area contributed by atoms with E-state index >= 15 is 0 Å². The predicted octanol–water partition coefficient (Wildman–Crippen LogP) is 7.16. The Morgan fingerprint density at radius 2 is 1.73 bits per heavy atom. The number of nitrogens with zero attached hydrogens (tertiary/aromatic N) is 1. The van der Waals surface area contributed by atoms with Crippen LogP contribution in [0.2, 0.25) is 0 Å². The maximum absolute atomic E-state index is 6.09. The van der Waals surface area contributed by atoms with E-state index in [9.17, 15) is 0 Å². The Bertz CT molecular complexity index is 936. The fourth-order valence-corrected chi connectivity index (χ4v) is 3.93. The second kappa shape index (κ2) is 8.65. The van der Waals surface area contributed by atoms with Crippen LogP contribution in [0, 0.1) is 13.8 Å². The van der Waals surface area contributed by atoms with Crippen LogP contribution in [0.4, 0.5) is 5.69 Å². The molecule has 3 aromatic rings. The lowest BCUT2D eigenvalue weighted by Crippen LogP contribution is -1.99. The van der Waals surface area contributed by atoms with Gasteiger partial charge < -0.3 is 4.74 Å². The molecule has 0 unspecified atom stereocenters. The van der Waals surface area contributed by atoms with Crippen molar-refractivity contribution < 1.29 is 4.74 Å². The molecule has 0 spiro atoms. The largest absolute Gasteiger partial charge is 0.487 e. The van der Waals surface area contributed by atoms with Crippen LogP contribution in [0.15, 0.2) is 74.6 Å². The van der Waals surface area contributed by atoms with Gasteiger partial charge in [-0.25, -0.2) is 0 Å². The van der Waals surface area contributed by atoms with Gasteiger partial charge in [0.15, 0.2) is 0 Å². The van der Waals surface area contributed by atoms with Crippen molar-refractivity contribution in [3.8, 4) is 5.75 Å². The highest BCUT2D eigenvalue weighted by molar-refractivity contribution is 9.11. The van der Waals surface area contributed by atoms with Gasteiger partial charge in [0, 0.05) is 16.3 Å². The first kappa shape index (κ1) is 18.9. The molecule has 3 rings (SSSR count). The van der Waals surface area contributed by atoms with E-state index in [-0.39, 0.29) is 0 Å². The molecule has 0 fully saturated rings. The lowest BCUT2D eigenvalue weighted by Gasteiger charge is -2.12. The van der Waals surface area contributed by atoms with Crippen molar-refractivity contribution in [1.29, 1.82) is 0 Å². The zero-order chi connectivity index (χ0) is 18.5. The maximum atomic E-state index is 6.09. The third-order valence-electron chi connectivity index (χ3n) is 3.97. The van der Waals surface area contributed by atoms with Crippen LogP contribution in [0.25, 0.3) is 0 Å². The molecule has 2 nitrogen and oxygen atoms in total. The molecule has 0 amide bonds. The zero-order valence-corrected chi connectivity index (χ0v) is 17.8. The topological polar surface area (TPSA) is 21.6 Å². The molecule has 26 heavy (non-hydrogen) atoms. The molecule has 4 heteroatoms. The van der Waals surface area contributed by atoms with Crippen molar-refractivity contribution in [2.45, 2.75) is 20.5 Å². The molecular formula is C22H19Br2NO. The minimum Gasteiger partial charge on any atom is -0.487 e. The summed E-state index contributed by atoms with van der Waals surface area (Å²) in [6.45, 7) is 4.64. The van der Waals surface area contributed by atoms with E-state index in [2.05, 4.69) is 81.0 Å². The number of aliphatic imine (C=N–C) groups is 1. The molecular weight excluding hydrogens is 454 g/mol. The molecule has 0 heterocycles. The summed E-state index contributed by atoms with van der Waals surface area (Å²) in [6.07, 6.45) is 1.86. The summed E-state index contributed by atoms with van der Waals surface area (Å²) in [7, 11) is 0. The fourth-order valence-electron chi connectivity index (χ4n) is 2.56. The Morgan fingerprint density at radius 3 is 2.50 bits per heavy atom. The summed E-state index contributed by atoms with van der Waals surface area (Å²) in [6, 6.07) is 20.4. The molecule has 132 valence electrons. The van der Waals surface area contributed by atoms with Gasteiger partial charge in [-0.3, -0.25) is 4.99 Å². The van der Waals surface area contributed by atoms with Crippen LogP contribution < -0.4 is 4.74 Å². The lowest BCUT2D eigenvalue weighted by atomic mass is 10.1. The number of benzene rings is 3.